The Morgan fingerprint density at radius 2 is 1.94 bits per heavy atom. The van der Waals surface area contributed by atoms with Crippen molar-refractivity contribution in [3.63, 3.8) is 0 Å². The highest BCUT2D eigenvalue weighted by Crippen LogP contribution is 2.25. The zero-order valence-electron chi connectivity index (χ0n) is 18.0. The standard InChI is InChI=1S/C23H22F2N2O5/c1-11-21(13(3)28)12(2)27-22(11)23(30)14(4)31-20(29)8-7-19-26-10-18(32-19)16-6-5-15(24)9-17(16)25/h5-6,9-10,14,27H,7-8H2,1-4H3. The zero-order valence-corrected chi connectivity index (χ0v) is 18.0. The lowest BCUT2D eigenvalue weighted by atomic mass is 10.0. The monoisotopic (exact) mass is 444 g/mol. The average molecular weight is 444 g/mol. The Balaban J connectivity index is 1.59. The van der Waals surface area contributed by atoms with Crippen LogP contribution in [0.5, 0.6) is 0 Å². The summed E-state index contributed by atoms with van der Waals surface area (Å²) >= 11 is 0. The van der Waals surface area contributed by atoms with Crippen LogP contribution in [0.2, 0.25) is 0 Å². The van der Waals surface area contributed by atoms with Gasteiger partial charge >= 0.3 is 5.97 Å². The lowest BCUT2D eigenvalue weighted by molar-refractivity contribution is -0.146. The van der Waals surface area contributed by atoms with Gasteiger partial charge in [-0.3, -0.25) is 14.4 Å². The number of Topliss-reactive ketones (excluding diaryl/α,β-unsaturated/α-hetero) is 2. The Bertz CT molecular complexity index is 1200. The molecule has 168 valence electrons. The predicted molar refractivity (Wildman–Crippen MR) is 110 cm³/mol. The molecule has 7 nitrogen and oxygen atoms in total. The first-order valence-corrected chi connectivity index (χ1v) is 9.92. The molecule has 0 amide bonds. The van der Waals surface area contributed by atoms with Crippen LogP contribution in [0.25, 0.3) is 11.3 Å². The number of aryl methyl sites for hydroxylation is 2. The van der Waals surface area contributed by atoms with E-state index in [9.17, 15) is 23.2 Å². The van der Waals surface area contributed by atoms with E-state index in [-0.39, 0.29) is 41.5 Å². The number of H-pyrrole nitrogens is 1. The number of ether oxygens (including phenoxy) is 1. The number of ketones is 2. The summed E-state index contributed by atoms with van der Waals surface area (Å²) in [4.78, 5) is 43.5. The smallest absolute Gasteiger partial charge is 0.307 e. The molecule has 3 aromatic rings. The third kappa shape index (κ3) is 4.82. The first kappa shape index (κ1) is 23.1. The second-order valence-corrected chi connectivity index (χ2v) is 7.42. The van der Waals surface area contributed by atoms with E-state index in [0.29, 0.717) is 16.8 Å². The van der Waals surface area contributed by atoms with Gasteiger partial charge in [-0.05, 0) is 45.4 Å². The van der Waals surface area contributed by atoms with E-state index in [0.717, 1.165) is 12.1 Å². The first-order valence-electron chi connectivity index (χ1n) is 9.92. The van der Waals surface area contributed by atoms with E-state index in [2.05, 4.69) is 9.97 Å². The minimum absolute atomic E-state index is 0.0495. The molecule has 0 saturated heterocycles. The maximum absolute atomic E-state index is 13.9. The van der Waals surface area contributed by atoms with E-state index in [1.807, 2.05) is 0 Å². The highest BCUT2D eigenvalue weighted by molar-refractivity contribution is 6.05. The van der Waals surface area contributed by atoms with E-state index in [4.69, 9.17) is 9.15 Å². The molecule has 0 aliphatic heterocycles. The summed E-state index contributed by atoms with van der Waals surface area (Å²) in [5.74, 6) is -2.48. The highest BCUT2D eigenvalue weighted by Gasteiger charge is 2.26. The number of hydrogen-bond acceptors (Lipinski definition) is 6. The number of nitrogens with one attached hydrogen (secondary N) is 1. The minimum atomic E-state index is -1.06. The van der Waals surface area contributed by atoms with Gasteiger partial charge in [-0.2, -0.15) is 0 Å². The number of aromatic amines is 1. The van der Waals surface area contributed by atoms with Gasteiger partial charge < -0.3 is 14.1 Å². The molecule has 9 heteroatoms. The van der Waals surface area contributed by atoms with E-state index in [1.54, 1.807) is 13.8 Å². The molecule has 1 N–H and O–H groups in total. The van der Waals surface area contributed by atoms with Crippen LogP contribution in [0.1, 0.15) is 58.3 Å². The molecule has 2 heterocycles. The normalized spacial score (nSPS) is 11.9. The van der Waals surface area contributed by atoms with Gasteiger partial charge in [-0.1, -0.05) is 0 Å². The number of carbonyl (C=O) groups excluding carboxylic acids is 3. The molecule has 0 bridgehead atoms. The lowest BCUT2D eigenvalue weighted by Crippen LogP contribution is -2.25. The second-order valence-electron chi connectivity index (χ2n) is 7.42. The Morgan fingerprint density at radius 3 is 2.56 bits per heavy atom. The Kier molecular flexibility index (Phi) is 6.67. The zero-order chi connectivity index (χ0) is 23.6. The van der Waals surface area contributed by atoms with Crippen molar-refractivity contribution in [3.05, 3.63) is 64.4 Å². The number of hydrogen-bond donors (Lipinski definition) is 1. The number of benzene rings is 1. The number of oxazole rings is 1. The van der Waals surface area contributed by atoms with Crippen molar-refractivity contribution >= 4 is 17.5 Å². The molecule has 0 fully saturated rings. The summed E-state index contributed by atoms with van der Waals surface area (Å²) in [6.07, 6.45) is 0.168. The fourth-order valence-electron chi connectivity index (χ4n) is 3.49. The van der Waals surface area contributed by atoms with Gasteiger partial charge in [0.2, 0.25) is 5.78 Å². The predicted octanol–water partition coefficient (Wildman–Crippen LogP) is 4.51. The fraction of sp³-hybridized carbons (Fsp3) is 0.304. The van der Waals surface area contributed by atoms with Gasteiger partial charge in [0.05, 0.1) is 23.9 Å². The van der Waals surface area contributed by atoms with Crippen LogP contribution < -0.4 is 0 Å². The maximum Gasteiger partial charge on any atom is 0.307 e. The molecule has 0 saturated carbocycles. The topological polar surface area (TPSA) is 102 Å². The van der Waals surface area contributed by atoms with E-state index in [1.165, 1.54) is 26.1 Å². The summed E-state index contributed by atoms with van der Waals surface area (Å²) in [7, 11) is 0. The van der Waals surface area contributed by atoms with Crippen molar-refractivity contribution in [2.75, 3.05) is 0 Å². The van der Waals surface area contributed by atoms with Crippen molar-refractivity contribution in [1.82, 2.24) is 9.97 Å². The second kappa shape index (κ2) is 9.25. The van der Waals surface area contributed by atoms with Crippen LogP contribution in [-0.2, 0) is 16.0 Å². The third-order valence-electron chi connectivity index (χ3n) is 5.01. The van der Waals surface area contributed by atoms with E-state index >= 15 is 0 Å². The molecule has 3 rings (SSSR count). The number of halogens is 2. The van der Waals surface area contributed by atoms with Gasteiger partial charge in [0.25, 0.3) is 0 Å². The lowest BCUT2D eigenvalue weighted by Gasteiger charge is -2.12. The van der Waals surface area contributed by atoms with Crippen molar-refractivity contribution in [3.8, 4) is 11.3 Å². The summed E-state index contributed by atoms with van der Waals surface area (Å²) in [6.45, 7) is 6.22. The number of rotatable bonds is 8. The molecule has 1 unspecified atom stereocenters. The SMILES string of the molecule is CC(=O)c1c(C)[nH]c(C(=O)C(C)OC(=O)CCc2ncc(-c3ccc(F)cc3F)o2)c1C. The Morgan fingerprint density at radius 1 is 1.22 bits per heavy atom. The van der Waals surface area contributed by atoms with Gasteiger partial charge in [-0.15, -0.1) is 0 Å². The number of aromatic nitrogens is 2. The summed E-state index contributed by atoms with van der Waals surface area (Å²) < 4.78 is 37.6. The molecular weight excluding hydrogens is 422 g/mol. The Hall–Kier alpha value is -3.62. The molecule has 0 radical (unpaired) electrons. The quantitative estimate of drug-likeness (QED) is 0.405. The van der Waals surface area contributed by atoms with Crippen LogP contribution in [0.15, 0.2) is 28.8 Å². The summed E-state index contributed by atoms with van der Waals surface area (Å²) in [5, 5.41) is 0. The van der Waals surface area contributed by atoms with Crippen molar-refractivity contribution < 1.29 is 32.3 Å². The minimum Gasteiger partial charge on any atom is -0.454 e. The van der Waals surface area contributed by atoms with Crippen molar-refractivity contribution in [2.24, 2.45) is 0 Å². The van der Waals surface area contributed by atoms with Gasteiger partial charge in [-0.25, -0.2) is 13.8 Å². The Labute approximate surface area is 182 Å². The van der Waals surface area contributed by atoms with Crippen LogP contribution in [0.4, 0.5) is 8.78 Å². The van der Waals surface area contributed by atoms with Crippen LogP contribution in [0.3, 0.4) is 0 Å². The molecule has 0 spiro atoms. The maximum atomic E-state index is 13.9. The number of nitrogens with zero attached hydrogens (tertiary/aromatic N) is 1. The molecule has 0 aliphatic carbocycles. The molecule has 1 aromatic carbocycles. The van der Waals surface area contributed by atoms with Gasteiger partial charge in [0, 0.05) is 23.7 Å². The highest BCUT2D eigenvalue weighted by atomic mass is 19.1. The van der Waals surface area contributed by atoms with Crippen molar-refractivity contribution in [1.29, 1.82) is 0 Å². The number of esters is 1. The third-order valence-corrected chi connectivity index (χ3v) is 5.01. The van der Waals surface area contributed by atoms with Gasteiger partial charge in [0.15, 0.2) is 23.5 Å². The van der Waals surface area contributed by atoms with Gasteiger partial charge in [0.1, 0.15) is 11.6 Å². The van der Waals surface area contributed by atoms with Crippen LogP contribution in [0, 0.1) is 25.5 Å². The van der Waals surface area contributed by atoms with Crippen LogP contribution >= 0.6 is 0 Å². The largest absolute Gasteiger partial charge is 0.454 e. The summed E-state index contributed by atoms with van der Waals surface area (Å²) in [5.41, 5.74) is 1.82. The fourth-order valence-corrected chi connectivity index (χ4v) is 3.49. The average Bonchev–Trinajstić information content (AvgIpc) is 3.29. The van der Waals surface area contributed by atoms with Crippen LogP contribution in [-0.4, -0.2) is 33.6 Å². The van der Waals surface area contributed by atoms with E-state index < -0.39 is 29.5 Å². The molecular formula is C23H22F2N2O5. The first-order chi connectivity index (χ1) is 15.1. The molecule has 1 atom stereocenters. The molecule has 2 aromatic heterocycles. The molecule has 0 aliphatic rings. The summed E-state index contributed by atoms with van der Waals surface area (Å²) in [6, 6.07) is 3.07. The number of carbonyl (C=O) groups is 3. The van der Waals surface area contributed by atoms with Crippen molar-refractivity contribution in [2.45, 2.75) is 46.6 Å². The molecule has 32 heavy (non-hydrogen) atoms.